The number of anilines is 1. The summed E-state index contributed by atoms with van der Waals surface area (Å²) in [6, 6.07) is 22.5. The van der Waals surface area contributed by atoms with Crippen LogP contribution in [0.15, 0.2) is 77.3 Å². The molecule has 1 aromatic heterocycles. The minimum absolute atomic E-state index is 0.167. The van der Waals surface area contributed by atoms with Gasteiger partial charge in [0.1, 0.15) is 12.4 Å². The van der Waals surface area contributed by atoms with E-state index < -0.39 is 0 Å². The second-order valence-electron chi connectivity index (χ2n) is 7.71. The number of nitrogens with one attached hydrogen (secondary N) is 1. The fraction of sp³-hybridized carbons (Fsp3) is 0.154. The van der Waals surface area contributed by atoms with E-state index in [0.717, 1.165) is 32.7 Å². The molecule has 0 aliphatic rings. The Hall–Kier alpha value is -3.09. The van der Waals surface area contributed by atoms with E-state index in [1.165, 1.54) is 0 Å². The van der Waals surface area contributed by atoms with Crippen LogP contribution in [-0.4, -0.2) is 15.7 Å². The number of para-hydroxylation sites is 1. The summed E-state index contributed by atoms with van der Waals surface area (Å²) in [6.45, 7) is 5.00. The molecule has 0 unspecified atom stereocenters. The number of ether oxygens (including phenoxy) is 1. The zero-order valence-corrected chi connectivity index (χ0v) is 20.7. The van der Waals surface area contributed by atoms with Gasteiger partial charge in [0.05, 0.1) is 27.4 Å². The average Bonchev–Trinajstić information content (AvgIpc) is 3.05. The predicted molar refractivity (Wildman–Crippen MR) is 135 cm³/mol. The first-order chi connectivity index (χ1) is 15.9. The summed E-state index contributed by atoms with van der Waals surface area (Å²) < 4.78 is 8.72. The summed E-state index contributed by atoms with van der Waals surface area (Å²) in [5, 5.41) is 8.10. The van der Waals surface area contributed by atoms with Gasteiger partial charge in [0.15, 0.2) is 0 Å². The number of amides is 1. The summed E-state index contributed by atoms with van der Waals surface area (Å²) in [5.74, 6) is 0.466. The van der Waals surface area contributed by atoms with E-state index in [4.69, 9.17) is 16.3 Å². The van der Waals surface area contributed by atoms with Gasteiger partial charge in [-0.3, -0.25) is 9.48 Å². The van der Waals surface area contributed by atoms with E-state index >= 15 is 0 Å². The highest BCUT2D eigenvalue weighted by molar-refractivity contribution is 9.10. The lowest BCUT2D eigenvalue weighted by Crippen LogP contribution is -2.12. The van der Waals surface area contributed by atoms with Crippen molar-refractivity contribution in [3.8, 4) is 5.75 Å². The van der Waals surface area contributed by atoms with Crippen LogP contribution in [0, 0.1) is 13.8 Å². The van der Waals surface area contributed by atoms with E-state index in [1.54, 1.807) is 18.2 Å². The molecular formula is C26H23BrClN3O2. The number of nitrogens with zero attached hydrogens (tertiary/aromatic N) is 2. The first-order valence-electron chi connectivity index (χ1n) is 10.5. The van der Waals surface area contributed by atoms with Crippen LogP contribution in [0.1, 0.15) is 32.9 Å². The summed E-state index contributed by atoms with van der Waals surface area (Å²) in [7, 11) is 0. The Bertz CT molecular complexity index is 1290. The first kappa shape index (κ1) is 23.1. The van der Waals surface area contributed by atoms with Crippen molar-refractivity contribution in [3.05, 3.63) is 110 Å². The lowest BCUT2D eigenvalue weighted by molar-refractivity contribution is 0.102. The Labute approximate surface area is 206 Å². The number of rotatable bonds is 7. The maximum atomic E-state index is 12.7. The van der Waals surface area contributed by atoms with Gasteiger partial charge in [-0.25, -0.2) is 0 Å². The minimum Gasteiger partial charge on any atom is -0.487 e. The maximum absolute atomic E-state index is 12.7. The molecule has 1 amide bonds. The number of carbonyl (C=O) groups is 1. The van der Waals surface area contributed by atoms with Crippen LogP contribution in [-0.2, 0) is 13.2 Å². The van der Waals surface area contributed by atoms with E-state index in [2.05, 4.69) is 26.3 Å². The second kappa shape index (κ2) is 10.2. The number of halogens is 2. The quantitative estimate of drug-likeness (QED) is 0.289. The van der Waals surface area contributed by atoms with Gasteiger partial charge in [-0.2, -0.15) is 5.10 Å². The fourth-order valence-corrected chi connectivity index (χ4v) is 3.90. The molecule has 0 aliphatic heterocycles. The first-order valence-corrected chi connectivity index (χ1v) is 11.6. The van der Waals surface area contributed by atoms with Crippen LogP contribution < -0.4 is 10.1 Å². The van der Waals surface area contributed by atoms with E-state index in [0.29, 0.717) is 29.5 Å². The molecule has 0 saturated heterocycles. The van der Waals surface area contributed by atoms with Crippen molar-refractivity contribution in [3.63, 3.8) is 0 Å². The molecular weight excluding hydrogens is 502 g/mol. The number of benzene rings is 3. The van der Waals surface area contributed by atoms with Crippen molar-refractivity contribution in [2.24, 2.45) is 0 Å². The van der Waals surface area contributed by atoms with Crippen molar-refractivity contribution in [2.45, 2.75) is 27.0 Å². The molecule has 0 bridgehead atoms. The molecule has 5 nitrogen and oxygen atoms in total. The molecule has 0 aliphatic carbocycles. The Morgan fingerprint density at radius 3 is 2.48 bits per heavy atom. The summed E-state index contributed by atoms with van der Waals surface area (Å²) in [6.07, 6.45) is 0. The molecule has 1 N–H and O–H groups in total. The monoisotopic (exact) mass is 523 g/mol. The normalized spacial score (nSPS) is 10.8. The molecule has 0 radical (unpaired) electrons. The van der Waals surface area contributed by atoms with Crippen molar-refractivity contribution in [1.82, 2.24) is 9.78 Å². The number of hydrogen-bond acceptors (Lipinski definition) is 3. The van der Waals surface area contributed by atoms with Crippen molar-refractivity contribution in [2.75, 3.05) is 5.32 Å². The molecule has 0 saturated carbocycles. The van der Waals surface area contributed by atoms with Gasteiger partial charge < -0.3 is 10.1 Å². The zero-order chi connectivity index (χ0) is 23.4. The molecule has 4 aromatic rings. The van der Waals surface area contributed by atoms with E-state index in [9.17, 15) is 4.79 Å². The maximum Gasteiger partial charge on any atom is 0.255 e. The van der Waals surface area contributed by atoms with Crippen molar-refractivity contribution in [1.29, 1.82) is 0 Å². The third kappa shape index (κ3) is 5.64. The van der Waals surface area contributed by atoms with Gasteiger partial charge >= 0.3 is 0 Å². The van der Waals surface area contributed by atoms with Crippen LogP contribution in [0.5, 0.6) is 5.75 Å². The van der Waals surface area contributed by atoms with Crippen LogP contribution in [0.4, 0.5) is 5.69 Å². The molecule has 0 fully saturated rings. The summed E-state index contributed by atoms with van der Waals surface area (Å²) in [5.41, 5.74) is 5.34. The Kier molecular flexibility index (Phi) is 7.16. The molecule has 33 heavy (non-hydrogen) atoms. The molecule has 4 rings (SSSR count). The van der Waals surface area contributed by atoms with Gasteiger partial charge in [0, 0.05) is 11.3 Å². The van der Waals surface area contributed by atoms with Gasteiger partial charge in [0.25, 0.3) is 5.91 Å². The lowest BCUT2D eigenvalue weighted by atomic mass is 10.1. The Morgan fingerprint density at radius 2 is 1.79 bits per heavy atom. The highest BCUT2D eigenvalue weighted by Gasteiger charge is 2.11. The van der Waals surface area contributed by atoms with Gasteiger partial charge in [-0.15, -0.1) is 0 Å². The Morgan fingerprint density at radius 1 is 1.03 bits per heavy atom. The van der Waals surface area contributed by atoms with E-state index in [-0.39, 0.29) is 5.91 Å². The topological polar surface area (TPSA) is 56.2 Å². The predicted octanol–water partition coefficient (Wildman–Crippen LogP) is 6.80. The minimum atomic E-state index is -0.167. The van der Waals surface area contributed by atoms with Crippen LogP contribution in [0.3, 0.4) is 0 Å². The standard InChI is InChI=1S/C26H23BrClN3O2/c1-17-25(27)18(2)31(30-17)15-20-6-5-7-22(14-20)29-26(32)21-12-10-19(11-13-21)16-33-24-9-4-3-8-23(24)28/h3-14H,15-16H2,1-2H3,(H,29,32). The Balaban J connectivity index is 1.38. The van der Waals surface area contributed by atoms with Crippen molar-refractivity contribution < 1.29 is 9.53 Å². The molecule has 7 heteroatoms. The van der Waals surface area contributed by atoms with Gasteiger partial charge in [-0.1, -0.05) is 48.0 Å². The average molecular weight is 525 g/mol. The SMILES string of the molecule is Cc1nn(Cc2cccc(NC(=O)c3ccc(COc4ccccc4Cl)cc3)c2)c(C)c1Br. The second-order valence-corrected chi connectivity index (χ2v) is 8.91. The third-order valence-corrected chi connectivity index (χ3v) is 6.72. The van der Waals surface area contributed by atoms with Crippen LogP contribution in [0.25, 0.3) is 0 Å². The van der Waals surface area contributed by atoms with Gasteiger partial charge in [-0.05, 0) is 77.3 Å². The molecule has 3 aromatic carbocycles. The smallest absolute Gasteiger partial charge is 0.255 e. The molecule has 0 atom stereocenters. The largest absolute Gasteiger partial charge is 0.487 e. The lowest BCUT2D eigenvalue weighted by Gasteiger charge is -2.10. The van der Waals surface area contributed by atoms with Crippen LogP contribution in [0.2, 0.25) is 5.02 Å². The molecule has 1 heterocycles. The zero-order valence-electron chi connectivity index (χ0n) is 18.3. The molecule has 168 valence electrons. The third-order valence-electron chi connectivity index (χ3n) is 5.26. The van der Waals surface area contributed by atoms with E-state index in [1.807, 2.05) is 73.1 Å². The van der Waals surface area contributed by atoms with Gasteiger partial charge in [0.2, 0.25) is 0 Å². The summed E-state index contributed by atoms with van der Waals surface area (Å²) in [4.78, 5) is 12.7. The molecule has 0 spiro atoms. The van der Waals surface area contributed by atoms with Crippen LogP contribution >= 0.6 is 27.5 Å². The number of aryl methyl sites for hydroxylation is 1. The number of hydrogen-bond donors (Lipinski definition) is 1. The highest BCUT2D eigenvalue weighted by Crippen LogP contribution is 2.24. The highest BCUT2D eigenvalue weighted by atomic mass is 79.9. The fourth-order valence-electron chi connectivity index (χ4n) is 3.43. The number of aromatic nitrogens is 2. The summed E-state index contributed by atoms with van der Waals surface area (Å²) >= 11 is 9.68. The number of carbonyl (C=O) groups excluding carboxylic acids is 1. The van der Waals surface area contributed by atoms with Crippen molar-refractivity contribution >= 4 is 39.1 Å².